The number of likely N-dealkylation sites (N-methyl/N-ethyl adjacent to an activating group) is 1. The summed E-state index contributed by atoms with van der Waals surface area (Å²) < 4.78 is 0. The zero-order chi connectivity index (χ0) is 11.4. The largest absolute Gasteiger partial charge is 0.392 e. The van der Waals surface area contributed by atoms with Crippen molar-refractivity contribution in [1.82, 2.24) is 10.2 Å². The van der Waals surface area contributed by atoms with Crippen LogP contribution in [-0.4, -0.2) is 47.7 Å². The van der Waals surface area contributed by atoms with Gasteiger partial charge in [-0.05, 0) is 19.3 Å². The minimum atomic E-state index is -0.364. The van der Waals surface area contributed by atoms with Crippen LogP contribution < -0.4 is 5.32 Å². The molecule has 0 aromatic rings. The van der Waals surface area contributed by atoms with Gasteiger partial charge in [-0.15, -0.1) is 0 Å². The first-order chi connectivity index (χ1) is 7.04. The van der Waals surface area contributed by atoms with Crippen LogP contribution in [0.25, 0.3) is 0 Å². The summed E-state index contributed by atoms with van der Waals surface area (Å²) in [5, 5.41) is 12.4. The van der Waals surface area contributed by atoms with Crippen molar-refractivity contribution >= 4 is 5.91 Å². The van der Waals surface area contributed by atoms with Gasteiger partial charge < -0.3 is 15.3 Å². The first-order valence-corrected chi connectivity index (χ1v) is 5.74. The Kier molecular flexibility index (Phi) is 4.54. The summed E-state index contributed by atoms with van der Waals surface area (Å²) in [6, 6.07) is -0.182. The number of carbonyl (C=O) groups is 1. The lowest BCUT2D eigenvalue weighted by Gasteiger charge is -2.25. The SMILES string of the molecule is CCN(CC(C)C)C(=O)C1CC(O)CN1. The Morgan fingerprint density at radius 2 is 2.27 bits per heavy atom. The van der Waals surface area contributed by atoms with Crippen LogP contribution in [0, 0.1) is 5.92 Å². The molecule has 4 nitrogen and oxygen atoms in total. The van der Waals surface area contributed by atoms with Crippen LogP contribution in [0.15, 0.2) is 0 Å². The van der Waals surface area contributed by atoms with Gasteiger partial charge in [-0.3, -0.25) is 4.79 Å². The summed E-state index contributed by atoms with van der Waals surface area (Å²) in [4.78, 5) is 13.9. The number of aliphatic hydroxyl groups excluding tert-OH is 1. The standard InChI is InChI=1S/C11H22N2O2/c1-4-13(7-8(2)3)11(15)10-5-9(14)6-12-10/h8-10,12,14H,4-7H2,1-3H3. The Balaban J connectivity index is 2.49. The van der Waals surface area contributed by atoms with Crippen molar-refractivity contribution in [2.75, 3.05) is 19.6 Å². The van der Waals surface area contributed by atoms with E-state index < -0.39 is 0 Å². The lowest BCUT2D eigenvalue weighted by molar-refractivity contribution is -0.133. The van der Waals surface area contributed by atoms with Crippen LogP contribution in [0.3, 0.4) is 0 Å². The maximum atomic E-state index is 12.0. The molecule has 0 bridgehead atoms. The van der Waals surface area contributed by atoms with Gasteiger partial charge in [0.25, 0.3) is 0 Å². The van der Waals surface area contributed by atoms with E-state index in [2.05, 4.69) is 19.2 Å². The zero-order valence-corrected chi connectivity index (χ0v) is 9.86. The average Bonchev–Trinajstić information content (AvgIpc) is 2.60. The maximum Gasteiger partial charge on any atom is 0.239 e. The molecule has 0 radical (unpaired) electrons. The van der Waals surface area contributed by atoms with Crippen LogP contribution in [0.2, 0.25) is 0 Å². The third-order valence-electron chi connectivity index (χ3n) is 2.68. The van der Waals surface area contributed by atoms with Gasteiger partial charge in [0, 0.05) is 19.6 Å². The molecule has 15 heavy (non-hydrogen) atoms. The van der Waals surface area contributed by atoms with Crippen molar-refractivity contribution in [1.29, 1.82) is 0 Å². The molecule has 2 atom stereocenters. The molecular weight excluding hydrogens is 192 g/mol. The van der Waals surface area contributed by atoms with Crippen molar-refractivity contribution in [3.8, 4) is 0 Å². The van der Waals surface area contributed by atoms with Gasteiger partial charge in [0.2, 0.25) is 5.91 Å². The second kappa shape index (κ2) is 5.47. The Hall–Kier alpha value is -0.610. The first-order valence-electron chi connectivity index (χ1n) is 5.74. The van der Waals surface area contributed by atoms with Gasteiger partial charge in [-0.25, -0.2) is 0 Å². The maximum absolute atomic E-state index is 12.0. The Labute approximate surface area is 91.6 Å². The second-order valence-corrected chi connectivity index (χ2v) is 4.62. The van der Waals surface area contributed by atoms with Gasteiger partial charge in [0.05, 0.1) is 12.1 Å². The Morgan fingerprint density at radius 1 is 1.60 bits per heavy atom. The van der Waals surface area contributed by atoms with Gasteiger partial charge in [0.1, 0.15) is 0 Å². The lowest BCUT2D eigenvalue weighted by atomic mass is 10.1. The van der Waals surface area contributed by atoms with Crippen molar-refractivity contribution in [2.24, 2.45) is 5.92 Å². The quantitative estimate of drug-likeness (QED) is 0.703. The topological polar surface area (TPSA) is 52.6 Å². The van der Waals surface area contributed by atoms with Gasteiger partial charge in [0.15, 0.2) is 0 Å². The number of amides is 1. The van der Waals surface area contributed by atoms with Crippen molar-refractivity contribution in [2.45, 2.75) is 39.3 Å². The molecule has 2 unspecified atom stereocenters. The van der Waals surface area contributed by atoms with Crippen molar-refractivity contribution in [3.63, 3.8) is 0 Å². The molecule has 0 aliphatic carbocycles. The van der Waals surface area contributed by atoms with E-state index in [0.29, 0.717) is 18.9 Å². The van der Waals surface area contributed by atoms with Crippen LogP contribution >= 0.6 is 0 Å². The lowest BCUT2D eigenvalue weighted by Crippen LogP contribution is -2.44. The molecule has 1 amide bonds. The first kappa shape index (κ1) is 12.5. The summed E-state index contributed by atoms with van der Waals surface area (Å²) in [5.41, 5.74) is 0. The van der Waals surface area contributed by atoms with E-state index in [1.165, 1.54) is 0 Å². The number of rotatable bonds is 4. The number of aliphatic hydroxyl groups is 1. The highest BCUT2D eigenvalue weighted by Gasteiger charge is 2.30. The van der Waals surface area contributed by atoms with E-state index in [4.69, 9.17) is 0 Å². The number of nitrogens with zero attached hydrogens (tertiary/aromatic N) is 1. The third kappa shape index (κ3) is 3.47. The summed E-state index contributed by atoms with van der Waals surface area (Å²) in [6.45, 7) is 8.27. The molecule has 1 aliphatic rings. The summed E-state index contributed by atoms with van der Waals surface area (Å²) in [7, 11) is 0. The summed E-state index contributed by atoms with van der Waals surface area (Å²) >= 11 is 0. The summed E-state index contributed by atoms with van der Waals surface area (Å²) in [5.74, 6) is 0.614. The zero-order valence-electron chi connectivity index (χ0n) is 9.86. The van der Waals surface area contributed by atoms with Crippen molar-refractivity contribution in [3.05, 3.63) is 0 Å². The molecule has 0 spiro atoms. The van der Waals surface area contributed by atoms with E-state index in [9.17, 15) is 9.90 Å². The Morgan fingerprint density at radius 3 is 2.67 bits per heavy atom. The molecule has 0 aromatic carbocycles. The smallest absolute Gasteiger partial charge is 0.239 e. The highest BCUT2D eigenvalue weighted by atomic mass is 16.3. The molecule has 4 heteroatoms. The van der Waals surface area contributed by atoms with E-state index in [1.807, 2.05) is 11.8 Å². The molecule has 0 aromatic heterocycles. The molecule has 2 N–H and O–H groups in total. The predicted octanol–water partition coefficient (Wildman–Crippen LogP) is 0.214. The average molecular weight is 214 g/mol. The predicted molar refractivity (Wildman–Crippen MR) is 59.5 cm³/mol. The van der Waals surface area contributed by atoms with E-state index >= 15 is 0 Å². The molecule has 88 valence electrons. The van der Waals surface area contributed by atoms with Crippen LogP contribution in [0.1, 0.15) is 27.2 Å². The van der Waals surface area contributed by atoms with Gasteiger partial charge >= 0.3 is 0 Å². The monoisotopic (exact) mass is 214 g/mol. The minimum Gasteiger partial charge on any atom is -0.392 e. The van der Waals surface area contributed by atoms with Gasteiger partial charge in [-0.2, -0.15) is 0 Å². The van der Waals surface area contributed by atoms with Crippen LogP contribution in [0.4, 0.5) is 0 Å². The highest BCUT2D eigenvalue weighted by Crippen LogP contribution is 2.10. The molecule has 0 saturated carbocycles. The van der Waals surface area contributed by atoms with E-state index in [-0.39, 0.29) is 18.1 Å². The number of hydrogen-bond donors (Lipinski definition) is 2. The molecule has 1 heterocycles. The highest BCUT2D eigenvalue weighted by molar-refractivity contribution is 5.82. The fourth-order valence-corrected chi connectivity index (χ4v) is 1.94. The second-order valence-electron chi connectivity index (χ2n) is 4.62. The fraction of sp³-hybridized carbons (Fsp3) is 0.909. The number of nitrogens with one attached hydrogen (secondary N) is 1. The van der Waals surface area contributed by atoms with E-state index in [1.54, 1.807) is 0 Å². The fourth-order valence-electron chi connectivity index (χ4n) is 1.94. The third-order valence-corrected chi connectivity index (χ3v) is 2.68. The molecule has 1 fully saturated rings. The molecule has 1 saturated heterocycles. The van der Waals surface area contributed by atoms with Crippen molar-refractivity contribution < 1.29 is 9.90 Å². The molecule has 1 aliphatic heterocycles. The van der Waals surface area contributed by atoms with Gasteiger partial charge in [-0.1, -0.05) is 13.8 Å². The summed E-state index contributed by atoms with van der Waals surface area (Å²) in [6.07, 6.45) is 0.185. The normalized spacial score (nSPS) is 25.9. The number of hydrogen-bond acceptors (Lipinski definition) is 3. The van der Waals surface area contributed by atoms with E-state index in [0.717, 1.165) is 13.1 Å². The minimum absolute atomic E-state index is 0.128. The van der Waals surface area contributed by atoms with Crippen LogP contribution in [-0.2, 0) is 4.79 Å². The molecular formula is C11H22N2O2. The Bertz CT molecular complexity index is 219. The number of carbonyl (C=O) groups excluding carboxylic acids is 1. The molecule has 1 rings (SSSR count). The van der Waals surface area contributed by atoms with Crippen LogP contribution in [0.5, 0.6) is 0 Å². The number of β-amino-alcohol motifs (C(OH)–C–C–N with tert-alkyl or cyclic N) is 1.